The summed E-state index contributed by atoms with van der Waals surface area (Å²) in [5.41, 5.74) is 0.381. The molecule has 0 radical (unpaired) electrons. The van der Waals surface area contributed by atoms with E-state index in [4.69, 9.17) is 4.74 Å². The smallest absolute Gasteiger partial charge is 0.162 e. The average molecular weight is 331 g/mol. The number of hydrogen-bond donors (Lipinski definition) is 0. The van der Waals surface area contributed by atoms with Crippen molar-refractivity contribution in [2.45, 2.75) is 31.8 Å². The highest BCUT2D eigenvalue weighted by Crippen LogP contribution is 2.50. The van der Waals surface area contributed by atoms with Crippen LogP contribution in [0.3, 0.4) is 0 Å². The Hall–Kier alpha value is -0.480. The fourth-order valence-electron chi connectivity index (χ4n) is 3.19. The average Bonchev–Trinajstić information content (AvgIpc) is 3.17. The molecule has 1 aromatic rings. The highest BCUT2D eigenvalue weighted by molar-refractivity contribution is 9.09. The summed E-state index contributed by atoms with van der Waals surface area (Å²) in [6, 6.07) is 4.44. The van der Waals surface area contributed by atoms with E-state index in [-0.39, 0.29) is 11.5 Å². The van der Waals surface area contributed by atoms with E-state index in [2.05, 4.69) is 15.9 Å². The van der Waals surface area contributed by atoms with E-state index in [0.717, 1.165) is 18.4 Å². The Labute approximate surface area is 120 Å². The molecule has 1 saturated carbocycles. The Kier molecular flexibility index (Phi) is 3.65. The Balaban J connectivity index is 1.88. The summed E-state index contributed by atoms with van der Waals surface area (Å²) in [5.74, 6) is -0.856. The molecule has 0 amide bonds. The van der Waals surface area contributed by atoms with E-state index in [1.165, 1.54) is 18.9 Å². The number of rotatable bonds is 4. The SMILES string of the molecule is Fc1cccc(CC2(CBr)CCOC2C2CC2)c1F. The molecule has 19 heavy (non-hydrogen) atoms. The maximum atomic E-state index is 13.9. The third-order valence-electron chi connectivity index (χ3n) is 4.39. The van der Waals surface area contributed by atoms with Gasteiger partial charge in [-0.2, -0.15) is 0 Å². The minimum Gasteiger partial charge on any atom is -0.377 e. The zero-order valence-electron chi connectivity index (χ0n) is 10.7. The molecule has 1 saturated heterocycles. The van der Waals surface area contributed by atoms with Gasteiger partial charge in [-0.3, -0.25) is 0 Å². The first-order valence-corrected chi connectivity index (χ1v) is 7.89. The van der Waals surface area contributed by atoms with Crippen LogP contribution in [-0.4, -0.2) is 18.0 Å². The third-order valence-corrected chi connectivity index (χ3v) is 5.51. The Morgan fingerprint density at radius 1 is 1.32 bits per heavy atom. The Bertz CT molecular complexity index is 475. The monoisotopic (exact) mass is 330 g/mol. The molecule has 0 N–H and O–H groups in total. The molecule has 0 aromatic heterocycles. The number of alkyl halides is 1. The molecule has 3 rings (SSSR count). The van der Waals surface area contributed by atoms with Crippen molar-refractivity contribution in [1.29, 1.82) is 0 Å². The first kappa shape index (κ1) is 13.5. The van der Waals surface area contributed by atoms with E-state index < -0.39 is 11.6 Å². The number of halogens is 3. The molecule has 1 aliphatic heterocycles. The van der Waals surface area contributed by atoms with Crippen LogP contribution in [0.15, 0.2) is 18.2 Å². The van der Waals surface area contributed by atoms with Crippen LogP contribution in [0.25, 0.3) is 0 Å². The van der Waals surface area contributed by atoms with Gasteiger partial charge in [0, 0.05) is 17.4 Å². The predicted octanol–water partition coefficient (Wildman–Crippen LogP) is 4.09. The van der Waals surface area contributed by atoms with Gasteiger partial charge in [-0.1, -0.05) is 28.1 Å². The molecule has 4 heteroatoms. The number of benzene rings is 1. The van der Waals surface area contributed by atoms with Crippen molar-refractivity contribution in [1.82, 2.24) is 0 Å². The largest absolute Gasteiger partial charge is 0.377 e. The quantitative estimate of drug-likeness (QED) is 0.755. The first-order valence-electron chi connectivity index (χ1n) is 6.77. The van der Waals surface area contributed by atoms with Crippen LogP contribution in [0.4, 0.5) is 8.78 Å². The van der Waals surface area contributed by atoms with Gasteiger partial charge in [-0.05, 0) is 43.2 Å². The van der Waals surface area contributed by atoms with Gasteiger partial charge in [0.15, 0.2) is 11.6 Å². The number of ether oxygens (including phenoxy) is 1. The molecule has 2 unspecified atom stereocenters. The molecular weight excluding hydrogens is 314 g/mol. The predicted molar refractivity (Wildman–Crippen MR) is 73.4 cm³/mol. The maximum Gasteiger partial charge on any atom is 0.162 e. The Morgan fingerprint density at radius 2 is 2.11 bits per heavy atom. The zero-order chi connectivity index (χ0) is 13.5. The lowest BCUT2D eigenvalue weighted by atomic mass is 9.76. The van der Waals surface area contributed by atoms with Crippen LogP contribution in [0.1, 0.15) is 24.8 Å². The minimum atomic E-state index is -0.760. The van der Waals surface area contributed by atoms with Crippen molar-refractivity contribution in [3.63, 3.8) is 0 Å². The van der Waals surface area contributed by atoms with Crippen molar-refractivity contribution in [3.05, 3.63) is 35.4 Å². The van der Waals surface area contributed by atoms with Gasteiger partial charge in [0.25, 0.3) is 0 Å². The van der Waals surface area contributed by atoms with Gasteiger partial charge < -0.3 is 4.74 Å². The van der Waals surface area contributed by atoms with Crippen LogP contribution in [0.5, 0.6) is 0 Å². The van der Waals surface area contributed by atoms with E-state index in [0.29, 0.717) is 17.9 Å². The van der Waals surface area contributed by atoms with Crippen molar-refractivity contribution >= 4 is 15.9 Å². The van der Waals surface area contributed by atoms with Crippen molar-refractivity contribution in [2.24, 2.45) is 11.3 Å². The van der Waals surface area contributed by atoms with Crippen LogP contribution >= 0.6 is 15.9 Å². The van der Waals surface area contributed by atoms with Crippen LogP contribution in [0.2, 0.25) is 0 Å². The minimum absolute atomic E-state index is 0.0875. The summed E-state index contributed by atoms with van der Waals surface area (Å²) in [6.45, 7) is 0.726. The van der Waals surface area contributed by atoms with Crippen LogP contribution in [0, 0.1) is 23.0 Å². The van der Waals surface area contributed by atoms with Gasteiger partial charge in [-0.15, -0.1) is 0 Å². The van der Waals surface area contributed by atoms with Crippen molar-refractivity contribution in [3.8, 4) is 0 Å². The van der Waals surface area contributed by atoms with Gasteiger partial charge >= 0.3 is 0 Å². The second-order valence-electron chi connectivity index (χ2n) is 5.76. The van der Waals surface area contributed by atoms with Gasteiger partial charge in [-0.25, -0.2) is 8.78 Å². The first-order chi connectivity index (χ1) is 9.16. The lowest BCUT2D eigenvalue weighted by molar-refractivity contribution is 0.0409. The molecule has 2 aliphatic rings. The summed E-state index contributed by atoms with van der Waals surface area (Å²) in [5, 5.41) is 0.775. The second kappa shape index (κ2) is 5.13. The van der Waals surface area contributed by atoms with Gasteiger partial charge in [0.2, 0.25) is 0 Å². The van der Waals surface area contributed by atoms with Crippen LogP contribution in [-0.2, 0) is 11.2 Å². The van der Waals surface area contributed by atoms with E-state index in [9.17, 15) is 8.78 Å². The Morgan fingerprint density at radius 3 is 2.79 bits per heavy atom. The van der Waals surface area contributed by atoms with Gasteiger partial charge in [0.1, 0.15) is 0 Å². The number of hydrogen-bond acceptors (Lipinski definition) is 1. The third kappa shape index (κ3) is 2.45. The zero-order valence-corrected chi connectivity index (χ0v) is 12.3. The highest BCUT2D eigenvalue weighted by atomic mass is 79.9. The molecule has 1 heterocycles. The summed E-state index contributed by atoms with van der Waals surface area (Å²) in [6.07, 6.45) is 4.05. The summed E-state index contributed by atoms with van der Waals surface area (Å²) in [7, 11) is 0. The highest BCUT2D eigenvalue weighted by Gasteiger charge is 2.50. The fraction of sp³-hybridized carbons (Fsp3) is 0.600. The molecule has 2 fully saturated rings. The van der Waals surface area contributed by atoms with Crippen molar-refractivity contribution in [2.75, 3.05) is 11.9 Å². The molecule has 2 atom stereocenters. The molecular formula is C15H17BrF2O. The second-order valence-corrected chi connectivity index (χ2v) is 6.33. The summed E-state index contributed by atoms with van der Waals surface area (Å²) < 4.78 is 33.1. The van der Waals surface area contributed by atoms with Gasteiger partial charge in [0.05, 0.1) is 6.10 Å². The van der Waals surface area contributed by atoms with Crippen LogP contribution < -0.4 is 0 Å². The molecule has 1 aromatic carbocycles. The molecule has 0 spiro atoms. The van der Waals surface area contributed by atoms with E-state index in [1.807, 2.05) is 0 Å². The van der Waals surface area contributed by atoms with E-state index in [1.54, 1.807) is 12.1 Å². The molecule has 1 nitrogen and oxygen atoms in total. The van der Waals surface area contributed by atoms with E-state index >= 15 is 0 Å². The normalized spacial score (nSPS) is 30.8. The molecule has 1 aliphatic carbocycles. The summed E-state index contributed by atoms with van der Waals surface area (Å²) in [4.78, 5) is 0. The molecule has 104 valence electrons. The van der Waals surface area contributed by atoms with Crippen molar-refractivity contribution < 1.29 is 13.5 Å². The standard InChI is InChI=1S/C15H17BrF2O/c16-9-15(6-7-19-14(15)10-4-5-10)8-11-2-1-3-12(17)13(11)18/h1-3,10,14H,4-9H2. The maximum absolute atomic E-state index is 13.9. The lowest BCUT2D eigenvalue weighted by Crippen LogP contribution is -2.36. The topological polar surface area (TPSA) is 9.23 Å². The lowest BCUT2D eigenvalue weighted by Gasteiger charge is -2.33. The molecule has 0 bridgehead atoms. The summed E-state index contributed by atoms with van der Waals surface area (Å²) >= 11 is 3.57. The fourth-order valence-corrected chi connectivity index (χ4v) is 3.98.